The molecule has 4 nitrogen and oxygen atoms in total. The maximum Gasteiger partial charge on any atom is 0.187 e. The standard InChI is InChI=1S/C22H20N4/c1-15-11-12-18(14-17(15)3)21-22(26-13-7-6-10-20(26)23-21)25-24-19-9-5-4-8-16(19)2/h4-14H,1-3H3. The number of benzene rings is 2. The van der Waals surface area contributed by atoms with Gasteiger partial charge in [0.2, 0.25) is 0 Å². The fourth-order valence-corrected chi connectivity index (χ4v) is 2.94. The zero-order valence-corrected chi connectivity index (χ0v) is 15.1. The van der Waals surface area contributed by atoms with Gasteiger partial charge in [-0.3, -0.25) is 4.40 Å². The molecule has 0 spiro atoms. The zero-order valence-electron chi connectivity index (χ0n) is 15.1. The minimum atomic E-state index is 0.743. The highest BCUT2D eigenvalue weighted by atomic mass is 15.2. The molecule has 4 rings (SSSR count). The van der Waals surface area contributed by atoms with Crippen molar-refractivity contribution in [3.05, 3.63) is 83.6 Å². The van der Waals surface area contributed by atoms with E-state index in [1.807, 2.05) is 60.0 Å². The lowest BCUT2D eigenvalue weighted by Crippen LogP contribution is -1.84. The van der Waals surface area contributed by atoms with Gasteiger partial charge in [-0.2, -0.15) is 0 Å². The predicted molar refractivity (Wildman–Crippen MR) is 105 cm³/mol. The van der Waals surface area contributed by atoms with Crippen molar-refractivity contribution in [2.45, 2.75) is 20.8 Å². The Hall–Kier alpha value is -3.27. The van der Waals surface area contributed by atoms with Gasteiger partial charge in [-0.05, 0) is 61.7 Å². The second kappa shape index (κ2) is 6.56. The smallest absolute Gasteiger partial charge is 0.187 e. The van der Waals surface area contributed by atoms with Gasteiger partial charge in [-0.25, -0.2) is 4.98 Å². The van der Waals surface area contributed by atoms with E-state index >= 15 is 0 Å². The molecule has 2 aromatic carbocycles. The SMILES string of the molecule is Cc1ccc(-c2nc3ccccn3c2N=Nc2ccccc2C)cc1C. The summed E-state index contributed by atoms with van der Waals surface area (Å²) >= 11 is 0. The molecular formula is C22H20N4. The number of nitrogens with zero attached hydrogens (tertiary/aromatic N) is 4. The Morgan fingerprint density at radius 3 is 2.38 bits per heavy atom. The summed E-state index contributed by atoms with van der Waals surface area (Å²) in [5, 5.41) is 9.07. The van der Waals surface area contributed by atoms with Crippen molar-refractivity contribution in [1.82, 2.24) is 9.38 Å². The molecule has 2 aromatic heterocycles. The first-order valence-corrected chi connectivity index (χ1v) is 8.65. The first-order valence-electron chi connectivity index (χ1n) is 8.65. The molecule has 0 fully saturated rings. The van der Waals surface area contributed by atoms with Gasteiger partial charge in [0.15, 0.2) is 5.82 Å². The molecule has 26 heavy (non-hydrogen) atoms. The van der Waals surface area contributed by atoms with Gasteiger partial charge in [0.25, 0.3) is 0 Å². The highest BCUT2D eigenvalue weighted by molar-refractivity contribution is 5.75. The van der Waals surface area contributed by atoms with E-state index in [9.17, 15) is 0 Å². The van der Waals surface area contributed by atoms with Crippen LogP contribution in [-0.4, -0.2) is 9.38 Å². The van der Waals surface area contributed by atoms with E-state index < -0.39 is 0 Å². The van der Waals surface area contributed by atoms with Crippen LogP contribution in [0.25, 0.3) is 16.9 Å². The van der Waals surface area contributed by atoms with Crippen molar-refractivity contribution in [1.29, 1.82) is 0 Å². The minimum absolute atomic E-state index is 0.743. The van der Waals surface area contributed by atoms with E-state index in [1.54, 1.807) is 0 Å². The molecule has 0 aliphatic rings. The van der Waals surface area contributed by atoms with Crippen molar-refractivity contribution in [2.75, 3.05) is 0 Å². The van der Waals surface area contributed by atoms with Gasteiger partial charge in [0.05, 0.1) is 5.69 Å². The molecule has 0 aliphatic heterocycles. The Bertz CT molecular complexity index is 1120. The predicted octanol–water partition coefficient (Wildman–Crippen LogP) is 6.34. The molecule has 0 bridgehead atoms. The molecule has 4 aromatic rings. The zero-order chi connectivity index (χ0) is 18.1. The van der Waals surface area contributed by atoms with Crippen molar-refractivity contribution < 1.29 is 0 Å². The van der Waals surface area contributed by atoms with Crippen LogP contribution >= 0.6 is 0 Å². The number of rotatable bonds is 3. The van der Waals surface area contributed by atoms with Crippen molar-refractivity contribution in [3.63, 3.8) is 0 Å². The van der Waals surface area contributed by atoms with Crippen molar-refractivity contribution in [3.8, 4) is 11.3 Å². The van der Waals surface area contributed by atoms with Gasteiger partial charge in [0.1, 0.15) is 11.3 Å². The summed E-state index contributed by atoms with van der Waals surface area (Å²) < 4.78 is 1.98. The van der Waals surface area contributed by atoms with E-state index in [2.05, 4.69) is 42.3 Å². The third-order valence-electron chi connectivity index (χ3n) is 4.65. The molecule has 0 aliphatic carbocycles. The molecule has 128 valence electrons. The fraction of sp³-hybridized carbons (Fsp3) is 0.136. The van der Waals surface area contributed by atoms with Gasteiger partial charge >= 0.3 is 0 Å². The maximum atomic E-state index is 4.80. The average Bonchev–Trinajstić information content (AvgIpc) is 3.02. The molecule has 0 saturated carbocycles. The Morgan fingerprint density at radius 2 is 1.58 bits per heavy atom. The molecule has 4 heteroatoms. The molecule has 0 atom stereocenters. The summed E-state index contributed by atoms with van der Waals surface area (Å²) in [6.07, 6.45) is 1.97. The third kappa shape index (κ3) is 2.90. The van der Waals surface area contributed by atoms with E-state index in [4.69, 9.17) is 4.98 Å². The van der Waals surface area contributed by atoms with Crippen molar-refractivity contribution >= 4 is 17.2 Å². The quantitative estimate of drug-likeness (QED) is 0.401. The highest BCUT2D eigenvalue weighted by Gasteiger charge is 2.14. The second-order valence-corrected chi connectivity index (χ2v) is 6.50. The third-order valence-corrected chi connectivity index (χ3v) is 4.65. The Kier molecular flexibility index (Phi) is 4.09. The lowest BCUT2D eigenvalue weighted by molar-refractivity contribution is 1.10. The first kappa shape index (κ1) is 16.2. The van der Waals surface area contributed by atoms with E-state index in [0.717, 1.165) is 34.0 Å². The van der Waals surface area contributed by atoms with Crippen LogP contribution in [0.15, 0.2) is 77.1 Å². The topological polar surface area (TPSA) is 42.0 Å². The average molecular weight is 340 g/mol. The lowest BCUT2D eigenvalue weighted by atomic mass is 10.0. The number of azo groups is 1. The van der Waals surface area contributed by atoms with Crippen LogP contribution in [0.5, 0.6) is 0 Å². The monoisotopic (exact) mass is 340 g/mol. The number of aromatic nitrogens is 2. The number of fused-ring (bicyclic) bond motifs is 1. The normalized spacial score (nSPS) is 11.5. The second-order valence-electron chi connectivity index (χ2n) is 6.50. The van der Waals surface area contributed by atoms with E-state index in [1.165, 1.54) is 11.1 Å². The lowest BCUT2D eigenvalue weighted by Gasteiger charge is -2.04. The molecule has 2 heterocycles. The van der Waals surface area contributed by atoms with Gasteiger partial charge in [0, 0.05) is 11.8 Å². The van der Waals surface area contributed by atoms with Crippen LogP contribution in [-0.2, 0) is 0 Å². The number of aryl methyl sites for hydroxylation is 3. The summed E-state index contributed by atoms with van der Waals surface area (Å²) in [5.74, 6) is 0.743. The van der Waals surface area contributed by atoms with Crippen LogP contribution < -0.4 is 0 Å². The van der Waals surface area contributed by atoms with Crippen LogP contribution in [0.4, 0.5) is 11.5 Å². The fourth-order valence-electron chi connectivity index (χ4n) is 2.94. The molecule has 0 unspecified atom stereocenters. The van der Waals surface area contributed by atoms with Crippen LogP contribution in [0.2, 0.25) is 0 Å². The van der Waals surface area contributed by atoms with Gasteiger partial charge < -0.3 is 0 Å². The summed E-state index contributed by atoms with van der Waals surface area (Å²) in [4.78, 5) is 4.80. The van der Waals surface area contributed by atoms with Gasteiger partial charge in [-0.15, -0.1) is 10.2 Å². The summed E-state index contributed by atoms with van der Waals surface area (Å²) in [6.45, 7) is 6.26. The number of hydrogen-bond donors (Lipinski definition) is 0. The summed E-state index contributed by atoms with van der Waals surface area (Å²) in [5.41, 5.74) is 7.22. The summed E-state index contributed by atoms with van der Waals surface area (Å²) in [7, 11) is 0. The van der Waals surface area contributed by atoms with Crippen LogP contribution in [0.3, 0.4) is 0 Å². The number of imidazole rings is 1. The number of pyridine rings is 1. The molecular weight excluding hydrogens is 320 g/mol. The Labute approximate surface area is 152 Å². The van der Waals surface area contributed by atoms with Crippen LogP contribution in [0, 0.1) is 20.8 Å². The summed E-state index contributed by atoms with van der Waals surface area (Å²) in [6, 6.07) is 20.3. The van der Waals surface area contributed by atoms with Gasteiger partial charge in [-0.1, -0.05) is 36.4 Å². The first-order chi connectivity index (χ1) is 12.6. The largest absolute Gasteiger partial charge is 0.283 e. The Morgan fingerprint density at radius 1 is 0.769 bits per heavy atom. The number of hydrogen-bond acceptors (Lipinski definition) is 3. The molecule has 0 radical (unpaired) electrons. The minimum Gasteiger partial charge on any atom is -0.283 e. The van der Waals surface area contributed by atoms with E-state index in [-0.39, 0.29) is 0 Å². The highest BCUT2D eigenvalue weighted by Crippen LogP contribution is 2.33. The molecule has 0 N–H and O–H groups in total. The van der Waals surface area contributed by atoms with E-state index in [0.29, 0.717) is 0 Å². The van der Waals surface area contributed by atoms with Crippen LogP contribution in [0.1, 0.15) is 16.7 Å². The molecule has 0 amide bonds. The maximum absolute atomic E-state index is 4.80. The van der Waals surface area contributed by atoms with Crippen molar-refractivity contribution in [2.24, 2.45) is 10.2 Å². The molecule has 0 saturated heterocycles. The Balaban J connectivity index is 1.89.